The molecular formula is C50H30O. The van der Waals surface area contributed by atoms with Crippen molar-refractivity contribution >= 4 is 75.8 Å². The van der Waals surface area contributed by atoms with Crippen molar-refractivity contribution in [2.75, 3.05) is 0 Å². The van der Waals surface area contributed by atoms with Gasteiger partial charge in [0.25, 0.3) is 0 Å². The smallest absolute Gasteiger partial charge is 0.143 e. The van der Waals surface area contributed by atoms with Crippen molar-refractivity contribution < 1.29 is 45.5 Å². The van der Waals surface area contributed by atoms with Gasteiger partial charge in [0.15, 0.2) is 0 Å². The number of rotatable bonds is 3. The third-order valence-corrected chi connectivity index (χ3v) is 8.56. The molecule has 10 aromatic carbocycles. The van der Waals surface area contributed by atoms with Crippen LogP contribution in [0.4, 0.5) is 0 Å². The predicted molar refractivity (Wildman–Crippen MR) is 218 cm³/mol. The van der Waals surface area contributed by atoms with Crippen molar-refractivity contribution in [2.24, 2.45) is 0 Å². The first-order chi connectivity index (χ1) is 37.8. The van der Waals surface area contributed by atoms with Crippen LogP contribution in [0.1, 0.15) is 41.1 Å². The highest BCUT2D eigenvalue weighted by molar-refractivity contribution is 6.25. The van der Waals surface area contributed by atoms with Gasteiger partial charge in [-0.3, -0.25) is 0 Å². The highest BCUT2D eigenvalue weighted by atomic mass is 16.3. The van der Waals surface area contributed by atoms with Crippen LogP contribution in [-0.4, -0.2) is 0 Å². The minimum absolute atomic E-state index is 0.434. The molecule has 0 N–H and O–H groups in total. The van der Waals surface area contributed by atoms with Crippen LogP contribution in [0, 0.1) is 0 Å². The number of para-hydroxylation sites is 1. The van der Waals surface area contributed by atoms with Gasteiger partial charge < -0.3 is 4.42 Å². The molecule has 0 atom stereocenters. The van der Waals surface area contributed by atoms with E-state index in [9.17, 15) is 17.8 Å². The van der Waals surface area contributed by atoms with Crippen molar-refractivity contribution in [1.29, 1.82) is 0 Å². The van der Waals surface area contributed by atoms with E-state index < -0.39 is 290 Å². The molecule has 236 valence electrons. The lowest BCUT2D eigenvalue weighted by molar-refractivity contribution is 0.670. The van der Waals surface area contributed by atoms with Gasteiger partial charge in [-0.1, -0.05) is 157 Å². The molecule has 0 spiro atoms. The molecule has 0 fully saturated rings. The second kappa shape index (κ2) is 10.9. The Kier molecular flexibility index (Phi) is 2.50. The molecule has 1 heteroatoms. The van der Waals surface area contributed by atoms with E-state index in [2.05, 4.69) is 0 Å². The van der Waals surface area contributed by atoms with E-state index in [1.54, 1.807) is 0 Å². The maximum Gasteiger partial charge on any atom is 0.143 e. The van der Waals surface area contributed by atoms with Gasteiger partial charge in [-0.05, 0) is 106 Å². The average Bonchev–Trinajstić information content (AvgIpc) is 4.09. The van der Waals surface area contributed by atoms with Crippen LogP contribution < -0.4 is 0 Å². The van der Waals surface area contributed by atoms with Crippen LogP contribution in [0.2, 0.25) is 0 Å². The summed E-state index contributed by atoms with van der Waals surface area (Å²) in [6.07, 6.45) is 0. The van der Waals surface area contributed by atoms with E-state index in [1.165, 1.54) is 0 Å². The maximum atomic E-state index is 10.4. The molecule has 0 aliphatic heterocycles. The molecule has 11 rings (SSSR count). The molecule has 0 radical (unpaired) electrons. The van der Waals surface area contributed by atoms with Crippen LogP contribution in [0.15, 0.2) is 186 Å². The number of furan rings is 1. The highest BCUT2D eigenvalue weighted by Crippen LogP contribution is 2.47. The van der Waals surface area contributed by atoms with E-state index in [-0.39, 0.29) is 0 Å². The molecule has 0 bridgehead atoms. The summed E-state index contributed by atoms with van der Waals surface area (Å²) in [6.45, 7) is 0. The molecule has 0 aliphatic carbocycles. The fraction of sp³-hybridized carbons (Fsp3) is 0. The molecule has 1 aromatic heterocycles. The Hall–Kier alpha value is -6.70. The summed E-state index contributed by atoms with van der Waals surface area (Å²) in [5, 5.41) is -8.11. The van der Waals surface area contributed by atoms with E-state index in [1.807, 2.05) is 0 Å². The van der Waals surface area contributed by atoms with E-state index in [0.717, 1.165) is 0 Å². The van der Waals surface area contributed by atoms with E-state index in [0.29, 0.717) is 0 Å². The Morgan fingerprint density at radius 3 is 1.63 bits per heavy atom. The lowest BCUT2D eigenvalue weighted by atomic mass is 9.83. The molecule has 0 saturated heterocycles. The van der Waals surface area contributed by atoms with Crippen LogP contribution in [0.25, 0.3) is 109 Å². The van der Waals surface area contributed by atoms with Gasteiger partial charge >= 0.3 is 0 Å². The van der Waals surface area contributed by atoms with Crippen LogP contribution in [0.3, 0.4) is 0 Å². The Morgan fingerprint density at radius 1 is 0.333 bits per heavy atom. The van der Waals surface area contributed by atoms with Crippen molar-refractivity contribution in [3.63, 3.8) is 0 Å². The first-order valence-corrected chi connectivity index (χ1v) is 15.2. The Bertz CT molecular complexity index is 4850. The first-order valence-electron chi connectivity index (χ1n) is 30.2. The zero-order valence-corrected chi connectivity index (χ0v) is 25.4. The number of hydrogen-bond donors (Lipinski definition) is 0. The Balaban J connectivity index is 1.48. The molecule has 51 heavy (non-hydrogen) atoms. The molecule has 0 aliphatic rings. The second-order valence-corrected chi connectivity index (χ2v) is 11.3. The van der Waals surface area contributed by atoms with Gasteiger partial charge in [-0.15, -0.1) is 0 Å². The summed E-state index contributed by atoms with van der Waals surface area (Å²) in [5.74, 6) is 0. The van der Waals surface area contributed by atoms with Crippen LogP contribution in [0.5, 0.6) is 0 Å². The summed E-state index contributed by atoms with van der Waals surface area (Å²) >= 11 is 0. The molecule has 0 saturated carbocycles. The van der Waals surface area contributed by atoms with Gasteiger partial charge in [0.2, 0.25) is 0 Å². The molecule has 1 heterocycles. The first kappa shape index (κ1) is 11.7. The summed E-state index contributed by atoms with van der Waals surface area (Å²) in [4.78, 5) is 0. The number of fused-ring (bicyclic) bond motifs is 9. The number of benzene rings is 10. The van der Waals surface area contributed by atoms with Crippen LogP contribution >= 0.6 is 0 Å². The third-order valence-electron chi connectivity index (χ3n) is 8.56. The predicted octanol–water partition coefficient (Wildman–Crippen LogP) is 14.4. The molecule has 11 aromatic rings. The van der Waals surface area contributed by atoms with E-state index >= 15 is 0 Å². The molecule has 1 nitrogen and oxygen atoms in total. The topological polar surface area (TPSA) is 13.1 Å². The monoisotopic (exact) mass is 676 g/mol. The lowest BCUT2D eigenvalue weighted by Crippen LogP contribution is -1.92. The zero-order valence-electron chi connectivity index (χ0n) is 55.4. The summed E-state index contributed by atoms with van der Waals surface area (Å²) in [6, 6.07) is -28.7. The molecular weight excluding hydrogens is 617 g/mol. The Morgan fingerprint density at radius 2 is 0.882 bits per heavy atom. The minimum atomic E-state index is -1.13. The van der Waals surface area contributed by atoms with Crippen molar-refractivity contribution in [3.8, 4) is 33.4 Å². The quantitative estimate of drug-likeness (QED) is 0.170. The molecule has 0 unspecified atom stereocenters. The zero-order chi connectivity index (χ0) is 59.6. The molecule has 0 amide bonds. The van der Waals surface area contributed by atoms with E-state index in [4.69, 9.17) is 27.7 Å². The minimum Gasteiger partial charge on any atom is -0.455 e. The lowest BCUT2D eigenvalue weighted by Gasteiger charge is -2.20. The highest BCUT2D eigenvalue weighted by Gasteiger charge is 2.20. The van der Waals surface area contributed by atoms with Crippen molar-refractivity contribution in [1.82, 2.24) is 0 Å². The van der Waals surface area contributed by atoms with Gasteiger partial charge in [0, 0.05) is 16.3 Å². The van der Waals surface area contributed by atoms with Gasteiger partial charge in [-0.2, -0.15) is 0 Å². The third kappa shape index (κ3) is 4.22. The Labute approximate surface area is 336 Å². The van der Waals surface area contributed by atoms with Crippen LogP contribution in [-0.2, 0) is 0 Å². The largest absolute Gasteiger partial charge is 0.455 e. The maximum absolute atomic E-state index is 10.4. The van der Waals surface area contributed by atoms with Gasteiger partial charge in [0.05, 0.1) is 41.1 Å². The van der Waals surface area contributed by atoms with Crippen molar-refractivity contribution in [2.45, 2.75) is 0 Å². The fourth-order valence-corrected chi connectivity index (χ4v) is 6.44. The number of hydrogen-bond acceptors (Lipinski definition) is 1. The average molecular weight is 677 g/mol. The second-order valence-electron chi connectivity index (χ2n) is 11.3. The normalized spacial score (nSPS) is 20.2. The van der Waals surface area contributed by atoms with Gasteiger partial charge in [0.1, 0.15) is 11.2 Å². The summed E-state index contributed by atoms with van der Waals surface area (Å²) in [7, 11) is 0. The summed E-state index contributed by atoms with van der Waals surface area (Å²) in [5.41, 5.74) is -6.38. The SMILES string of the molecule is [2H]c1c([2H])c([2H])c2c(oc3c([2H])c([2H])c4c([2H])c([2H])c([2H])c([2H])c4c32)c1-c1c([2H])c(-c2c3c([2H])c([2H])c([2H])c([2H])c3c(-c3c([2H])c([2H])c4c([2H])c([2H])c([2H])c([2H])c4c3[2H])c3c([2H])c([2H])c([2H])c([2H])c23)c2c([2H])c([2H])c([2H])c([2H])c2c1[2H]. The summed E-state index contributed by atoms with van der Waals surface area (Å²) < 4.78 is 280. The fourth-order valence-electron chi connectivity index (χ4n) is 6.44. The van der Waals surface area contributed by atoms with Gasteiger partial charge in [-0.25, -0.2) is 0 Å². The standard InChI is InChI=1S/C50H30O/c1-2-14-33-28-35(25-24-31(33)12-1)47-40-18-7-9-20-42(40)48(43-21-10-8-19-41(43)47)45-30-36(29-34-15-4-5-16-37(34)45)39-22-11-23-44-49-38-17-6-3-13-32(38)26-27-46(49)51-50(39)44/h1-30H/i1D,2D,3D,4D,5D,6D,7D,8D,9D,10D,11D,12D,13D,14D,15D,16D,17D,18D,19D,20D,21D,22D,23D,24D,25D,26D,27D,28D,29D,30D. The van der Waals surface area contributed by atoms with Crippen molar-refractivity contribution in [3.05, 3.63) is 181 Å².